The van der Waals surface area contributed by atoms with Crippen molar-refractivity contribution in [1.82, 2.24) is 14.7 Å². The van der Waals surface area contributed by atoms with Gasteiger partial charge in [0, 0.05) is 43.3 Å². The summed E-state index contributed by atoms with van der Waals surface area (Å²) in [5.74, 6) is -0.269. The van der Waals surface area contributed by atoms with Crippen LogP contribution in [0.5, 0.6) is 0 Å². The van der Waals surface area contributed by atoms with Crippen molar-refractivity contribution in [2.24, 2.45) is 7.05 Å². The van der Waals surface area contributed by atoms with Crippen LogP contribution in [0.15, 0.2) is 36.5 Å². The molecule has 3 heterocycles. The van der Waals surface area contributed by atoms with E-state index in [4.69, 9.17) is 0 Å². The van der Waals surface area contributed by atoms with Crippen LogP contribution in [0.2, 0.25) is 0 Å². The number of rotatable bonds is 4. The van der Waals surface area contributed by atoms with Gasteiger partial charge in [-0.3, -0.25) is 14.4 Å². The minimum Gasteiger partial charge on any atom is -0.311 e. The van der Waals surface area contributed by atoms with E-state index in [1.165, 1.54) is 16.9 Å². The number of nitrogens with one attached hydrogen (secondary N) is 1. The van der Waals surface area contributed by atoms with E-state index in [9.17, 15) is 10.1 Å². The van der Waals surface area contributed by atoms with Crippen molar-refractivity contribution in [3.05, 3.63) is 69.4 Å². The summed E-state index contributed by atoms with van der Waals surface area (Å²) in [5, 5.41) is 17.4. The number of hydrogen-bond acceptors (Lipinski definition) is 5. The summed E-state index contributed by atoms with van der Waals surface area (Å²) >= 11 is 1.51. The maximum absolute atomic E-state index is 12.6. The van der Waals surface area contributed by atoms with Gasteiger partial charge >= 0.3 is 0 Å². The van der Waals surface area contributed by atoms with Crippen LogP contribution in [-0.2, 0) is 26.6 Å². The normalized spacial score (nSPS) is 13.8. The Kier molecular flexibility index (Phi) is 4.99. The predicted octanol–water partition coefficient (Wildman–Crippen LogP) is 3.47. The Balaban J connectivity index is 1.54. The fraction of sp³-hybridized carbons (Fsp3) is 0.286. The van der Waals surface area contributed by atoms with Gasteiger partial charge in [-0.15, -0.1) is 11.3 Å². The number of nitrogens with zero attached hydrogens (tertiary/aromatic N) is 4. The lowest BCUT2D eigenvalue weighted by atomic mass is 10.0. The van der Waals surface area contributed by atoms with Gasteiger partial charge in [-0.05, 0) is 24.5 Å². The zero-order chi connectivity index (χ0) is 19.7. The molecule has 1 aliphatic rings. The second kappa shape index (κ2) is 7.58. The number of carbonyl (C=O) groups excluding carboxylic acids is 1. The quantitative estimate of drug-likeness (QED) is 0.739. The molecule has 4 rings (SSSR count). The molecule has 6 nitrogen and oxygen atoms in total. The van der Waals surface area contributed by atoms with Crippen LogP contribution in [0.1, 0.15) is 37.6 Å². The summed E-state index contributed by atoms with van der Waals surface area (Å²) in [4.78, 5) is 16.2. The molecule has 0 saturated carbocycles. The first-order valence-electron chi connectivity index (χ1n) is 9.17. The van der Waals surface area contributed by atoms with Crippen LogP contribution in [-0.4, -0.2) is 27.1 Å². The molecule has 1 aromatic carbocycles. The Bertz CT molecular complexity index is 1060. The zero-order valence-corrected chi connectivity index (χ0v) is 16.7. The van der Waals surface area contributed by atoms with Crippen LogP contribution >= 0.6 is 11.3 Å². The Morgan fingerprint density at radius 1 is 1.36 bits per heavy atom. The van der Waals surface area contributed by atoms with E-state index in [0.717, 1.165) is 42.1 Å². The molecule has 0 bridgehead atoms. The van der Waals surface area contributed by atoms with E-state index in [1.807, 2.05) is 13.0 Å². The monoisotopic (exact) mass is 391 g/mol. The molecule has 0 aliphatic carbocycles. The van der Waals surface area contributed by atoms with Gasteiger partial charge in [0.25, 0.3) is 5.91 Å². The first kappa shape index (κ1) is 18.4. The molecule has 1 N–H and O–H groups in total. The number of fused-ring (bicyclic) bond motifs is 1. The lowest BCUT2D eigenvalue weighted by Gasteiger charge is -2.26. The number of hydrogen-bond donors (Lipinski definition) is 1. The van der Waals surface area contributed by atoms with E-state index in [2.05, 4.69) is 45.7 Å². The number of anilines is 1. The van der Waals surface area contributed by atoms with Gasteiger partial charge < -0.3 is 5.32 Å². The summed E-state index contributed by atoms with van der Waals surface area (Å²) in [7, 11) is 1.79. The number of aromatic nitrogens is 2. The summed E-state index contributed by atoms with van der Waals surface area (Å²) < 4.78 is 1.62. The topological polar surface area (TPSA) is 74.0 Å². The van der Waals surface area contributed by atoms with E-state index in [-0.39, 0.29) is 5.91 Å². The van der Waals surface area contributed by atoms with Crippen molar-refractivity contribution in [3.8, 4) is 6.07 Å². The van der Waals surface area contributed by atoms with E-state index < -0.39 is 0 Å². The maximum Gasteiger partial charge on any atom is 0.277 e. The van der Waals surface area contributed by atoms with Crippen molar-refractivity contribution < 1.29 is 4.79 Å². The van der Waals surface area contributed by atoms with Crippen LogP contribution in [0, 0.1) is 18.3 Å². The molecule has 0 radical (unpaired) electrons. The Morgan fingerprint density at radius 3 is 2.82 bits per heavy atom. The highest BCUT2D eigenvalue weighted by molar-refractivity contribution is 7.16. The largest absolute Gasteiger partial charge is 0.311 e. The fourth-order valence-corrected chi connectivity index (χ4v) is 4.87. The van der Waals surface area contributed by atoms with Crippen molar-refractivity contribution >= 4 is 22.2 Å². The molecule has 0 fully saturated rings. The molecule has 7 heteroatoms. The molecule has 28 heavy (non-hydrogen) atoms. The highest BCUT2D eigenvalue weighted by Crippen LogP contribution is 2.37. The predicted molar refractivity (Wildman–Crippen MR) is 109 cm³/mol. The summed E-state index contributed by atoms with van der Waals surface area (Å²) in [6.45, 7) is 4.44. The van der Waals surface area contributed by atoms with E-state index in [1.54, 1.807) is 17.9 Å². The van der Waals surface area contributed by atoms with E-state index in [0.29, 0.717) is 16.3 Å². The lowest BCUT2D eigenvalue weighted by Crippen LogP contribution is -2.29. The number of nitriles is 1. The molecule has 0 atom stereocenters. The molecular formula is C21H21N5OS. The third-order valence-electron chi connectivity index (χ3n) is 4.95. The smallest absolute Gasteiger partial charge is 0.277 e. The fourth-order valence-electron chi connectivity index (χ4n) is 3.63. The number of benzene rings is 1. The van der Waals surface area contributed by atoms with Gasteiger partial charge in [0.15, 0.2) is 5.69 Å². The van der Waals surface area contributed by atoms with Crippen molar-refractivity contribution in [2.45, 2.75) is 26.4 Å². The summed E-state index contributed by atoms with van der Waals surface area (Å²) in [6, 6.07) is 12.7. The lowest BCUT2D eigenvalue weighted by molar-refractivity contribution is 0.102. The second-order valence-electron chi connectivity index (χ2n) is 7.05. The van der Waals surface area contributed by atoms with Crippen LogP contribution in [0.4, 0.5) is 5.00 Å². The Labute approximate surface area is 168 Å². The van der Waals surface area contributed by atoms with Gasteiger partial charge in [0.1, 0.15) is 11.1 Å². The first-order valence-corrected chi connectivity index (χ1v) is 9.99. The van der Waals surface area contributed by atoms with Crippen molar-refractivity contribution in [1.29, 1.82) is 5.26 Å². The molecular weight excluding hydrogens is 370 g/mol. The zero-order valence-electron chi connectivity index (χ0n) is 15.9. The minimum absolute atomic E-state index is 0.269. The third kappa shape index (κ3) is 3.57. The number of aryl methyl sites for hydroxylation is 2. The van der Waals surface area contributed by atoms with Crippen molar-refractivity contribution in [3.63, 3.8) is 0 Å². The molecule has 3 aromatic rings. The van der Waals surface area contributed by atoms with Crippen LogP contribution in [0.25, 0.3) is 0 Å². The Hall–Kier alpha value is -2.95. The number of thiophene rings is 1. The third-order valence-corrected chi connectivity index (χ3v) is 6.08. The molecule has 0 spiro atoms. The van der Waals surface area contributed by atoms with Crippen LogP contribution < -0.4 is 5.32 Å². The summed E-state index contributed by atoms with van der Waals surface area (Å²) in [6.07, 6.45) is 2.63. The SMILES string of the molecule is Cc1cn(C)nc1C(=O)Nc1sc2c(c1C#N)CCN(Cc1ccccc1)C2. The Morgan fingerprint density at radius 2 is 2.14 bits per heavy atom. The van der Waals surface area contributed by atoms with E-state index >= 15 is 0 Å². The van der Waals surface area contributed by atoms with Gasteiger partial charge in [0.05, 0.1) is 5.56 Å². The molecule has 0 unspecified atom stereocenters. The van der Waals surface area contributed by atoms with Crippen LogP contribution in [0.3, 0.4) is 0 Å². The average Bonchev–Trinajstić information content (AvgIpc) is 3.20. The molecule has 1 aliphatic heterocycles. The minimum atomic E-state index is -0.269. The highest BCUT2D eigenvalue weighted by Gasteiger charge is 2.26. The molecule has 0 saturated heterocycles. The van der Waals surface area contributed by atoms with Gasteiger partial charge in [0.2, 0.25) is 0 Å². The standard InChI is InChI=1S/C21H21N5OS/c1-14-11-25(2)24-19(14)20(27)23-21-17(10-22)16-8-9-26(13-18(16)28-21)12-15-6-4-3-5-7-15/h3-7,11H,8-9,12-13H2,1-2H3,(H,23,27). The van der Waals surface area contributed by atoms with Gasteiger partial charge in [-0.1, -0.05) is 30.3 Å². The molecule has 2 aromatic heterocycles. The van der Waals surface area contributed by atoms with Crippen molar-refractivity contribution in [2.75, 3.05) is 11.9 Å². The van der Waals surface area contributed by atoms with Gasteiger partial charge in [-0.25, -0.2) is 0 Å². The highest BCUT2D eigenvalue weighted by atomic mass is 32.1. The molecule has 1 amide bonds. The number of amides is 1. The first-order chi connectivity index (χ1) is 13.5. The second-order valence-corrected chi connectivity index (χ2v) is 8.16. The van der Waals surface area contributed by atoms with Gasteiger partial charge in [-0.2, -0.15) is 10.4 Å². The average molecular weight is 392 g/mol. The molecule has 142 valence electrons. The maximum atomic E-state index is 12.6. The number of carbonyl (C=O) groups is 1. The summed E-state index contributed by atoms with van der Waals surface area (Å²) in [5.41, 5.74) is 4.16.